The van der Waals surface area contributed by atoms with Crippen molar-refractivity contribution in [2.24, 2.45) is 5.92 Å². The molecule has 0 radical (unpaired) electrons. The average Bonchev–Trinajstić information content (AvgIpc) is 2.56. The third-order valence-electron chi connectivity index (χ3n) is 4.79. The first-order valence-corrected chi connectivity index (χ1v) is 10.5. The van der Waals surface area contributed by atoms with Crippen molar-refractivity contribution in [2.45, 2.75) is 26.8 Å². The van der Waals surface area contributed by atoms with Crippen LogP contribution in [0.1, 0.15) is 25.0 Å². The van der Waals surface area contributed by atoms with E-state index in [1.54, 1.807) is 6.08 Å². The Morgan fingerprint density at radius 3 is 2.28 bits per heavy atom. The van der Waals surface area contributed by atoms with Crippen LogP contribution in [0.2, 0.25) is 0 Å². The van der Waals surface area contributed by atoms with E-state index in [9.17, 15) is 8.42 Å². The van der Waals surface area contributed by atoms with Gasteiger partial charge in [0, 0.05) is 44.2 Å². The van der Waals surface area contributed by atoms with E-state index in [0.717, 1.165) is 37.3 Å². The summed E-state index contributed by atoms with van der Waals surface area (Å²) in [5.74, 6) is 0.396. The summed E-state index contributed by atoms with van der Waals surface area (Å²) >= 11 is 0. The highest BCUT2D eigenvalue weighted by Crippen LogP contribution is 2.13. The maximum Gasteiger partial charge on any atom is 0.233 e. The summed E-state index contributed by atoms with van der Waals surface area (Å²) in [4.78, 5) is 4.71. The van der Waals surface area contributed by atoms with E-state index in [2.05, 4.69) is 35.4 Å². The van der Waals surface area contributed by atoms with Crippen LogP contribution in [0, 0.1) is 12.8 Å². The third-order valence-corrected chi connectivity index (χ3v) is 5.85. The number of nitrogens with one attached hydrogen (secondary N) is 1. The van der Waals surface area contributed by atoms with Crippen molar-refractivity contribution in [3.05, 3.63) is 40.8 Å². The van der Waals surface area contributed by atoms with Crippen LogP contribution in [0.4, 0.5) is 0 Å². The van der Waals surface area contributed by atoms with Gasteiger partial charge in [-0.15, -0.1) is 0 Å². The zero-order valence-electron chi connectivity index (χ0n) is 15.8. The van der Waals surface area contributed by atoms with Crippen LogP contribution in [0.3, 0.4) is 0 Å². The van der Waals surface area contributed by atoms with Gasteiger partial charge in [0.25, 0.3) is 0 Å². The van der Waals surface area contributed by atoms with Crippen molar-refractivity contribution in [1.82, 2.24) is 14.5 Å². The van der Waals surface area contributed by atoms with Crippen molar-refractivity contribution in [1.29, 1.82) is 0 Å². The fourth-order valence-corrected chi connectivity index (χ4v) is 3.87. The molecule has 2 rings (SSSR count). The molecule has 0 bridgehead atoms. The molecule has 5 nitrogen and oxygen atoms in total. The van der Waals surface area contributed by atoms with Crippen LogP contribution in [0.25, 0.3) is 6.08 Å². The molecule has 1 aliphatic rings. The lowest BCUT2D eigenvalue weighted by atomic mass is 10.0. The standard InChI is InChI=1S/C19H31N3O2S/c1-16(2)19(22-12-10-21(4)11-13-22)15-20-25(23,24)14-9-18-7-5-17(3)6-8-18/h5-9,14,16,19-20H,10-13,15H2,1-4H3/b14-9+. The van der Waals surface area contributed by atoms with E-state index in [-0.39, 0.29) is 6.04 Å². The van der Waals surface area contributed by atoms with E-state index in [1.807, 2.05) is 31.2 Å². The minimum atomic E-state index is -3.44. The van der Waals surface area contributed by atoms with E-state index in [1.165, 1.54) is 5.41 Å². The first kappa shape index (κ1) is 20.1. The van der Waals surface area contributed by atoms with Crippen LogP contribution in [0.15, 0.2) is 29.7 Å². The SMILES string of the molecule is Cc1ccc(/C=C/S(=O)(=O)NCC(C(C)C)N2CCN(C)CC2)cc1. The summed E-state index contributed by atoms with van der Waals surface area (Å²) in [6.45, 7) is 10.8. The third kappa shape index (κ3) is 6.55. The summed E-state index contributed by atoms with van der Waals surface area (Å²) in [5, 5.41) is 1.26. The fraction of sp³-hybridized carbons (Fsp3) is 0.579. The summed E-state index contributed by atoms with van der Waals surface area (Å²) < 4.78 is 27.4. The smallest absolute Gasteiger partial charge is 0.233 e. The normalized spacial score (nSPS) is 18.9. The number of rotatable bonds is 7. The first-order valence-electron chi connectivity index (χ1n) is 8.94. The molecule has 0 aliphatic carbocycles. The quantitative estimate of drug-likeness (QED) is 0.804. The maximum absolute atomic E-state index is 12.3. The van der Waals surface area contributed by atoms with Gasteiger partial charge >= 0.3 is 0 Å². The molecule has 140 valence electrons. The Bertz CT molecular complexity index is 660. The van der Waals surface area contributed by atoms with Gasteiger partial charge < -0.3 is 4.90 Å². The monoisotopic (exact) mass is 365 g/mol. The molecule has 6 heteroatoms. The van der Waals surface area contributed by atoms with Gasteiger partial charge in [-0.2, -0.15) is 0 Å². The number of hydrogen-bond acceptors (Lipinski definition) is 4. The van der Waals surface area contributed by atoms with Gasteiger partial charge in [-0.1, -0.05) is 43.7 Å². The largest absolute Gasteiger partial charge is 0.304 e. The number of benzene rings is 1. The van der Waals surface area contributed by atoms with Gasteiger partial charge in [0.05, 0.1) is 0 Å². The molecule has 1 aromatic rings. The molecule has 1 unspecified atom stereocenters. The highest BCUT2D eigenvalue weighted by atomic mass is 32.2. The Kier molecular flexibility index (Phi) is 7.19. The highest BCUT2D eigenvalue weighted by Gasteiger charge is 2.25. The predicted octanol–water partition coefficient (Wildman–Crippen LogP) is 2.16. The van der Waals surface area contributed by atoms with E-state index >= 15 is 0 Å². The number of sulfonamides is 1. The predicted molar refractivity (Wildman–Crippen MR) is 105 cm³/mol. The molecular formula is C19H31N3O2S. The average molecular weight is 366 g/mol. The zero-order valence-corrected chi connectivity index (χ0v) is 16.6. The van der Waals surface area contributed by atoms with E-state index in [4.69, 9.17) is 0 Å². The lowest BCUT2D eigenvalue weighted by Gasteiger charge is -2.39. The van der Waals surface area contributed by atoms with Gasteiger partial charge in [-0.3, -0.25) is 4.90 Å². The second-order valence-corrected chi connectivity index (χ2v) is 8.91. The highest BCUT2D eigenvalue weighted by molar-refractivity contribution is 7.92. The molecule has 0 aromatic heterocycles. The lowest BCUT2D eigenvalue weighted by Crippen LogP contribution is -2.54. The summed E-state index contributed by atoms with van der Waals surface area (Å²) in [5.41, 5.74) is 2.04. The Morgan fingerprint density at radius 1 is 1.12 bits per heavy atom. The molecule has 0 amide bonds. The molecule has 0 spiro atoms. The van der Waals surface area contributed by atoms with E-state index < -0.39 is 10.0 Å². The minimum Gasteiger partial charge on any atom is -0.304 e. The molecule has 1 N–H and O–H groups in total. The van der Waals surface area contributed by atoms with Gasteiger partial charge in [-0.25, -0.2) is 13.1 Å². The Morgan fingerprint density at radius 2 is 1.72 bits per heavy atom. The Labute approximate surface area is 152 Å². The molecule has 1 fully saturated rings. The van der Waals surface area contributed by atoms with Gasteiger partial charge in [-0.05, 0) is 31.5 Å². The van der Waals surface area contributed by atoms with Gasteiger partial charge in [0.15, 0.2) is 0 Å². The Hall–Kier alpha value is -1.21. The number of likely N-dealkylation sites (N-methyl/N-ethyl adjacent to an activating group) is 1. The Balaban J connectivity index is 1.95. The fourth-order valence-electron chi connectivity index (χ4n) is 3.04. The number of hydrogen-bond donors (Lipinski definition) is 1. The molecule has 1 aliphatic heterocycles. The van der Waals surface area contributed by atoms with Gasteiger partial charge in [0.1, 0.15) is 0 Å². The minimum absolute atomic E-state index is 0.219. The molecule has 1 aromatic carbocycles. The summed E-state index contributed by atoms with van der Waals surface area (Å²) in [6.07, 6.45) is 1.64. The van der Waals surface area contributed by atoms with Crippen LogP contribution in [-0.4, -0.2) is 64.0 Å². The molecule has 1 heterocycles. The molecule has 1 atom stereocenters. The van der Waals surface area contributed by atoms with Crippen LogP contribution in [-0.2, 0) is 10.0 Å². The maximum atomic E-state index is 12.3. The van der Waals surface area contributed by atoms with Crippen molar-refractivity contribution in [2.75, 3.05) is 39.8 Å². The van der Waals surface area contributed by atoms with Crippen LogP contribution >= 0.6 is 0 Å². The molecule has 0 saturated carbocycles. The summed E-state index contributed by atoms with van der Waals surface area (Å²) in [6, 6.07) is 8.01. The second kappa shape index (κ2) is 8.94. The van der Waals surface area contributed by atoms with Crippen LogP contribution < -0.4 is 4.72 Å². The van der Waals surface area contributed by atoms with Gasteiger partial charge in [0.2, 0.25) is 10.0 Å². The lowest BCUT2D eigenvalue weighted by molar-refractivity contribution is 0.0905. The molecule has 25 heavy (non-hydrogen) atoms. The van der Waals surface area contributed by atoms with Crippen molar-refractivity contribution in [3.63, 3.8) is 0 Å². The molecular weight excluding hydrogens is 334 g/mol. The van der Waals surface area contributed by atoms with E-state index in [0.29, 0.717) is 12.5 Å². The second-order valence-electron chi connectivity index (χ2n) is 7.26. The topological polar surface area (TPSA) is 52.7 Å². The summed E-state index contributed by atoms with van der Waals surface area (Å²) in [7, 11) is -1.31. The van der Waals surface area contributed by atoms with Crippen molar-refractivity contribution >= 4 is 16.1 Å². The first-order chi connectivity index (χ1) is 11.8. The number of piperazine rings is 1. The van der Waals surface area contributed by atoms with Crippen molar-refractivity contribution < 1.29 is 8.42 Å². The number of aryl methyl sites for hydroxylation is 1. The molecule has 1 saturated heterocycles. The van der Waals surface area contributed by atoms with Crippen molar-refractivity contribution in [3.8, 4) is 0 Å². The number of nitrogens with zero attached hydrogens (tertiary/aromatic N) is 2. The zero-order chi connectivity index (χ0) is 18.4. The van der Waals surface area contributed by atoms with Crippen LogP contribution in [0.5, 0.6) is 0 Å².